The normalized spacial score (nSPS) is 20.6. The second kappa shape index (κ2) is 4.26. The van der Waals surface area contributed by atoms with Gasteiger partial charge < -0.3 is 0 Å². The molecule has 0 saturated carbocycles. The van der Waals surface area contributed by atoms with Gasteiger partial charge in [0.05, 0.1) is 17.2 Å². The molecule has 0 N–H and O–H groups in total. The minimum atomic E-state index is -0.110. The zero-order chi connectivity index (χ0) is 11.6. The Morgan fingerprint density at radius 3 is 2.69 bits per heavy atom. The zero-order valence-electron chi connectivity index (χ0n) is 9.98. The first-order valence-corrected chi connectivity index (χ1v) is 5.73. The summed E-state index contributed by atoms with van der Waals surface area (Å²) in [6.07, 6.45) is 3.91. The van der Waals surface area contributed by atoms with Crippen molar-refractivity contribution in [1.82, 2.24) is 14.7 Å². The van der Waals surface area contributed by atoms with Gasteiger partial charge in [0.25, 0.3) is 0 Å². The van der Waals surface area contributed by atoms with Crippen LogP contribution in [-0.2, 0) is 13.6 Å². The summed E-state index contributed by atoms with van der Waals surface area (Å²) in [5.41, 5.74) is 1.00. The van der Waals surface area contributed by atoms with Gasteiger partial charge in [0.2, 0.25) is 0 Å². The summed E-state index contributed by atoms with van der Waals surface area (Å²) in [6, 6.07) is 4.48. The average Bonchev–Trinajstić information content (AvgIpc) is 2.68. The van der Waals surface area contributed by atoms with Crippen molar-refractivity contribution in [3.05, 3.63) is 18.0 Å². The highest BCUT2D eigenvalue weighted by Gasteiger charge is 2.29. The van der Waals surface area contributed by atoms with Crippen molar-refractivity contribution in [3.8, 4) is 6.07 Å². The number of rotatable bonds is 2. The number of hydrogen-bond acceptors (Lipinski definition) is 3. The summed E-state index contributed by atoms with van der Waals surface area (Å²) in [7, 11) is 1.94. The lowest BCUT2D eigenvalue weighted by Gasteiger charge is -2.34. The predicted octanol–water partition coefficient (Wildman–Crippen LogP) is 1.55. The maximum absolute atomic E-state index is 9.05. The zero-order valence-corrected chi connectivity index (χ0v) is 9.98. The molecular formula is C12H18N4. The Morgan fingerprint density at radius 1 is 1.50 bits per heavy atom. The Morgan fingerprint density at radius 2 is 2.19 bits per heavy atom. The number of hydrogen-bond donors (Lipinski definition) is 0. The molecule has 0 amide bonds. The highest BCUT2D eigenvalue weighted by atomic mass is 15.3. The van der Waals surface area contributed by atoms with Gasteiger partial charge >= 0.3 is 0 Å². The van der Waals surface area contributed by atoms with Crippen LogP contribution in [0.2, 0.25) is 0 Å². The minimum absolute atomic E-state index is 0.110. The molecule has 1 aliphatic heterocycles. The maximum Gasteiger partial charge on any atom is 0.0764 e. The molecule has 1 saturated heterocycles. The molecule has 1 aromatic heterocycles. The van der Waals surface area contributed by atoms with Crippen LogP contribution in [0, 0.1) is 16.7 Å². The number of piperidine rings is 1. The summed E-state index contributed by atoms with van der Waals surface area (Å²) in [6.45, 7) is 4.97. The van der Waals surface area contributed by atoms with Crippen molar-refractivity contribution in [2.24, 2.45) is 12.5 Å². The van der Waals surface area contributed by atoms with E-state index in [4.69, 9.17) is 5.26 Å². The Balaban J connectivity index is 1.89. The van der Waals surface area contributed by atoms with Gasteiger partial charge in [-0.05, 0) is 25.8 Å². The molecule has 86 valence electrons. The van der Waals surface area contributed by atoms with Crippen LogP contribution in [0.25, 0.3) is 0 Å². The number of nitrogens with zero attached hydrogens (tertiary/aromatic N) is 4. The third-order valence-electron chi connectivity index (χ3n) is 3.38. The lowest BCUT2D eigenvalue weighted by molar-refractivity contribution is 0.149. The van der Waals surface area contributed by atoms with E-state index in [1.807, 2.05) is 17.9 Å². The highest BCUT2D eigenvalue weighted by Crippen LogP contribution is 2.30. The lowest BCUT2D eigenvalue weighted by Crippen LogP contribution is -2.37. The van der Waals surface area contributed by atoms with Crippen LogP contribution in [0.4, 0.5) is 0 Å². The first kappa shape index (κ1) is 11.2. The van der Waals surface area contributed by atoms with Gasteiger partial charge in [0.1, 0.15) is 0 Å². The Kier molecular flexibility index (Phi) is 2.97. The van der Waals surface area contributed by atoms with Crippen molar-refractivity contribution in [1.29, 1.82) is 5.26 Å². The Bertz CT molecular complexity index is 393. The molecule has 1 fully saturated rings. The monoisotopic (exact) mass is 218 g/mol. The van der Waals surface area contributed by atoms with E-state index in [0.717, 1.165) is 38.2 Å². The van der Waals surface area contributed by atoms with E-state index in [-0.39, 0.29) is 5.41 Å². The SMILES string of the molecule is Cn1ccc(CN2CCC(C)(C#N)CC2)n1. The molecule has 1 aliphatic rings. The largest absolute Gasteiger partial charge is 0.297 e. The second-order valence-corrected chi connectivity index (χ2v) is 4.93. The molecule has 4 heteroatoms. The smallest absolute Gasteiger partial charge is 0.0764 e. The van der Waals surface area contributed by atoms with Gasteiger partial charge in [-0.2, -0.15) is 10.4 Å². The van der Waals surface area contributed by atoms with E-state index < -0.39 is 0 Å². The fourth-order valence-electron chi connectivity index (χ4n) is 2.09. The third-order valence-corrected chi connectivity index (χ3v) is 3.38. The van der Waals surface area contributed by atoms with Crippen LogP contribution in [0.15, 0.2) is 12.3 Å². The predicted molar refractivity (Wildman–Crippen MR) is 61.4 cm³/mol. The maximum atomic E-state index is 9.05. The first-order chi connectivity index (χ1) is 7.61. The van der Waals surface area contributed by atoms with Gasteiger partial charge in [-0.3, -0.25) is 9.58 Å². The number of aryl methyl sites for hydroxylation is 1. The Labute approximate surface area is 96.5 Å². The summed E-state index contributed by atoms with van der Waals surface area (Å²) >= 11 is 0. The summed E-state index contributed by atoms with van der Waals surface area (Å²) in [4.78, 5) is 2.38. The van der Waals surface area contributed by atoms with Crippen LogP contribution in [-0.4, -0.2) is 27.8 Å². The van der Waals surface area contributed by atoms with Crippen LogP contribution in [0.5, 0.6) is 0 Å². The van der Waals surface area contributed by atoms with Crippen LogP contribution in [0.1, 0.15) is 25.5 Å². The van der Waals surface area contributed by atoms with E-state index in [2.05, 4.69) is 29.1 Å². The highest BCUT2D eigenvalue weighted by molar-refractivity contribution is 5.02. The van der Waals surface area contributed by atoms with Crippen molar-refractivity contribution in [2.75, 3.05) is 13.1 Å². The Hall–Kier alpha value is -1.34. The molecule has 16 heavy (non-hydrogen) atoms. The second-order valence-electron chi connectivity index (χ2n) is 4.93. The molecule has 0 atom stereocenters. The number of likely N-dealkylation sites (tertiary alicyclic amines) is 1. The van der Waals surface area contributed by atoms with Crippen LogP contribution < -0.4 is 0 Å². The first-order valence-electron chi connectivity index (χ1n) is 5.73. The van der Waals surface area contributed by atoms with Crippen molar-refractivity contribution < 1.29 is 0 Å². The minimum Gasteiger partial charge on any atom is -0.297 e. The standard InChI is InChI=1S/C12H18N4/c1-12(10-13)4-7-16(8-5-12)9-11-3-6-15(2)14-11/h3,6H,4-5,7-9H2,1-2H3. The molecule has 0 aliphatic carbocycles. The van der Waals surface area contributed by atoms with Gasteiger partial charge in [-0.15, -0.1) is 0 Å². The van der Waals surface area contributed by atoms with Gasteiger partial charge in [0, 0.05) is 32.9 Å². The van der Waals surface area contributed by atoms with Crippen molar-refractivity contribution >= 4 is 0 Å². The quantitative estimate of drug-likeness (QED) is 0.756. The van der Waals surface area contributed by atoms with Crippen molar-refractivity contribution in [2.45, 2.75) is 26.3 Å². The average molecular weight is 218 g/mol. The lowest BCUT2D eigenvalue weighted by atomic mass is 9.82. The molecule has 2 heterocycles. The van der Waals surface area contributed by atoms with Crippen molar-refractivity contribution in [3.63, 3.8) is 0 Å². The van der Waals surface area contributed by atoms with Gasteiger partial charge in [-0.25, -0.2) is 0 Å². The third kappa shape index (κ3) is 2.42. The fraction of sp³-hybridized carbons (Fsp3) is 0.667. The molecule has 0 unspecified atom stereocenters. The van der Waals surface area contributed by atoms with Crippen LogP contribution >= 0.6 is 0 Å². The fourth-order valence-corrected chi connectivity index (χ4v) is 2.09. The molecule has 0 spiro atoms. The van der Waals surface area contributed by atoms with E-state index in [1.54, 1.807) is 0 Å². The summed E-state index contributed by atoms with van der Waals surface area (Å²) in [5, 5.41) is 13.4. The number of aromatic nitrogens is 2. The molecule has 0 radical (unpaired) electrons. The van der Waals surface area contributed by atoms with Gasteiger partial charge in [0.15, 0.2) is 0 Å². The van der Waals surface area contributed by atoms with Crippen LogP contribution in [0.3, 0.4) is 0 Å². The summed E-state index contributed by atoms with van der Waals surface area (Å²) in [5.74, 6) is 0. The van der Waals surface area contributed by atoms with E-state index in [1.165, 1.54) is 0 Å². The van der Waals surface area contributed by atoms with Gasteiger partial charge in [-0.1, -0.05) is 0 Å². The van der Waals surface area contributed by atoms with E-state index >= 15 is 0 Å². The molecule has 0 aromatic carbocycles. The number of nitriles is 1. The molecular weight excluding hydrogens is 200 g/mol. The molecule has 4 nitrogen and oxygen atoms in total. The molecule has 0 bridgehead atoms. The summed E-state index contributed by atoms with van der Waals surface area (Å²) < 4.78 is 1.83. The topological polar surface area (TPSA) is 44.9 Å². The molecule has 1 aromatic rings. The van der Waals surface area contributed by atoms with E-state index in [0.29, 0.717) is 0 Å². The molecule has 2 rings (SSSR count). The van der Waals surface area contributed by atoms with E-state index in [9.17, 15) is 0 Å².